The van der Waals surface area contributed by atoms with E-state index in [1.807, 2.05) is 0 Å². The monoisotopic (exact) mass is 359 g/mol. The zero-order valence-electron chi connectivity index (χ0n) is 13.0. The maximum absolute atomic E-state index is 11.9. The average molecular weight is 360 g/mol. The lowest BCUT2D eigenvalue weighted by atomic mass is 10.2. The number of hydrogen-bond acceptors (Lipinski definition) is 5. The molecule has 0 aliphatic heterocycles. The molecule has 2 aromatic carbocycles. The minimum atomic E-state index is -0.563. The van der Waals surface area contributed by atoms with E-state index in [4.69, 9.17) is 16.3 Å². The van der Waals surface area contributed by atoms with Gasteiger partial charge < -0.3 is 4.74 Å². The zero-order chi connectivity index (χ0) is 18.1. The maximum Gasteiger partial charge on any atom is 0.271 e. The molecule has 0 aliphatic rings. The third-order valence-corrected chi connectivity index (χ3v) is 3.19. The first kappa shape index (κ1) is 18.2. The molecule has 2 aromatic rings. The summed E-state index contributed by atoms with van der Waals surface area (Å²) in [5, 5.41) is 14.5. The number of rotatable bonds is 7. The number of hydrazone groups is 1. The molecule has 0 heterocycles. The second kappa shape index (κ2) is 9.19. The van der Waals surface area contributed by atoms with Gasteiger partial charge in [-0.3, -0.25) is 14.9 Å². The normalized spacial score (nSPS) is 10.9. The first-order valence-electron chi connectivity index (χ1n) is 7.16. The Morgan fingerprint density at radius 1 is 1.28 bits per heavy atom. The molecular formula is C17H14ClN3O4. The largest absolute Gasteiger partial charge is 0.490 e. The summed E-state index contributed by atoms with van der Waals surface area (Å²) in [6.07, 6.45) is 3.12. The Labute approximate surface area is 148 Å². The molecule has 0 aromatic heterocycles. The van der Waals surface area contributed by atoms with Crippen molar-refractivity contribution in [1.82, 2.24) is 5.43 Å². The summed E-state index contributed by atoms with van der Waals surface area (Å²) in [5.74, 6) is 0.139. The van der Waals surface area contributed by atoms with Crippen LogP contribution in [0, 0.1) is 10.1 Å². The highest BCUT2D eigenvalue weighted by Crippen LogP contribution is 2.13. The molecule has 0 saturated carbocycles. The topological polar surface area (TPSA) is 93.8 Å². The van der Waals surface area contributed by atoms with E-state index in [1.54, 1.807) is 30.3 Å². The SMILES string of the molecule is O=C(NN=Cc1ccc(OCC=CCl)cc1)c1cccc([N+](=O)[O-])c1. The molecule has 0 radical (unpaired) electrons. The molecule has 0 aliphatic carbocycles. The fourth-order valence-electron chi connectivity index (χ4n) is 1.82. The van der Waals surface area contributed by atoms with Gasteiger partial charge in [0.25, 0.3) is 11.6 Å². The van der Waals surface area contributed by atoms with Crippen molar-refractivity contribution in [3.63, 3.8) is 0 Å². The number of carbonyl (C=O) groups is 1. The number of nitro groups is 1. The Morgan fingerprint density at radius 2 is 2.04 bits per heavy atom. The van der Waals surface area contributed by atoms with Crippen LogP contribution in [-0.4, -0.2) is 23.7 Å². The minimum absolute atomic E-state index is 0.155. The molecule has 0 spiro atoms. The summed E-state index contributed by atoms with van der Waals surface area (Å²) >= 11 is 5.40. The summed E-state index contributed by atoms with van der Waals surface area (Å²) < 4.78 is 5.39. The smallest absolute Gasteiger partial charge is 0.271 e. The first-order chi connectivity index (χ1) is 12.1. The van der Waals surface area contributed by atoms with Gasteiger partial charge in [-0.1, -0.05) is 17.7 Å². The van der Waals surface area contributed by atoms with Crippen molar-refractivity contribution in [3.8, 4) is 5.75 Å². The van der Waals surface area contributed by atoms with Crippen LogP contribution in [0.4, 0.5) is 5.69 Å². The van der Waals surface area contributed by atoms with Crippen molar-refractivity contribution in [2.75, 3.05) is 6.61 Å². The summed E-state index contributed by atoms with van der Waals surface area (Å²) in [5.41, 5.74) is 4.45. The number of hydrogen-bond donors (Lipinski definition) is 1. The molecule has 0 atom stereocenters. The van der Waals surface area contributed by atoms with Gasteiger partial charge in [0, 0.05) is 23.2 Å². The number of ether oxygens (including phenoxy) is 1. The number of carbonyl (C=O) groups excluding carboxylic acids is 1. The highest BCUT2D eigenvalue weighted by Gasteiger charge is 2.10. The molecule has 0 fully saturated rings. The van der Waals surface area contributed by atoms with Gasteiger partial charge in [0.1, 0.15) is 12.4 Å². The number of benzene rings is 2. The Morgan fingerprint density at radius 3 is 2.72 bits per heavy atom. The average Bonchev–Trinajstić information content (AvgIpc) is 2.63. The van der Waals surface area contributed by atoms with Gasteiger partial charge in [0.2, 0.25) is 0 Å². The zero-order valence-corrected chi connectivity index (χ0v) is 13.7. The van der Waals surface area contributed by atoms with Crippen LogP contribution in [0.3, 0.4) is 0 Å². The molecule has 2 rings (SSSR count). The van der Waals surface area contributed by atoms with Crippen molar-refractivity contribution >= 4 is 29.4 Å². The van der Waals surface area contributed by atoms with E-state index in [0.717, 1.165) is 5.56 Å². The quantitative estimate of drug-likeness (QED) is 0.465. The summed E-state index contributed by atoms with van der Waals surface area (Å²) in [7, 11) is 0. The van der Waals surface area contributed by atoms with Crippen LogP contribution in [0.2, 0.25) is 0 Å². The van der Waals surface area contributed by atoms with Gasteiger partial charge in [0.15, 0.2) is 0 Å². The fraction of sp³-hybridized carbons (Fsp3) is 0.0588. The van der Waals surface area contributed by atoms with Crippen molar-refractivity contribution in [2.24, 2.45) is 5.10 Å². The van der Waals surface area contributed by atoms with E-state index in [1.165, 1.54) is 36.0 Å². The Kier molecular flexibility index (Phi) is 6.67. The lowest BCUT2D eigenvalue weighted by molar-refractivity contribution is -0.384. The molecule has 8 heteroatoms. The molecule has 0 bridgehead atoms. The number of non-ortho nitro benzene ring substituents is 1. The Hall–Kier alpha value is -3.19. The summed E-state index contributed by atoms with van der Waals surface area (Å²) in [6, 6.07) is 12.5. The van der Waals surface area contributed by atoms with Gasteiger partial charge in [-0.2, -0.15) is 5.10 Å². The Balaban J connectivity index is 1.92. The predicted octanol–water partition coefficient (Wildman–Crippen LogP) is 3.49. The second-order valence-electron chi connectivity index (χ2n) is 4.75. The van der Waals surface area contributed by atoms with Crippen LogP contribution in [-0.2, 0) is 0 Å². The van der Waals surface area contributed by atoms with Crippen LogP contribution in [0.1, 0.15) is 15.9 Å². The fourth-order valence-corrected chi connectivity index (χ4v) is 1.89. The highest BCUT2D eigenvalue weighted by atomic mass is 35.5. The molecule has 25 heavy (non-hydrogen) atoms. The van der Waals surface area contributed by atoms with Crippen molar-refractivity contribution < 1.29 is 14.5 Å². The van der Waals surface area contributed by atoms with Crippen LogP contribution >= 0.6 is 11.6 Å². The number of halogens is 1. The predicted molar refractivity (Wildman–Crippen MR) is 95.1 cm³/mol. The minimum Gasteiger partial charge on any atom is -0.490 e. The van der Waals surface area contributed by atoms with E-state index in [0.29, 0.717) is 12.4 Å². The Bertz CT molecular complexity index is 804. The van der Waals surface area contributed by atoms with Crippen molar-refractivity contribution in [2.45, 2.75) is 0 Å². The molecule has 128 valence electrons. The van der Waals surface area contributed by atoms with E-state index < -0.39 is 10.8 Å². The number of nitro benzene ring substituents is 1. The third kappa shape index (κ3) is 5.74. The van der Waals surface area contributed by atoms with Crippen molar-refractivity contribution in [1.29, 1.82) is 0 Å². The third-order valence-electron chi connectivity index (χ3n) is 3.01. The summed E-state index contributed by atoms with van der Waals surface area (Å²) in [4.78, 5) is 22.1. The van der Waals surface area contributed by atoms with E-state index >= 15 is 0 Å². The van der Waals surface area contributed by atoms with Gasteiger partial charge >= 0.3 is 0 Å². The highest BCUT2D eigenvalue weighted by molar-refractivity contribution is 6.25. The van der Waals surface area contributed by atoms with Gasteiger partial charge in [-0.05, 0) is 42.0 Å². The number of nitrogens with one attached hydrogen (secondary N) is 1. The molecule has 0 unspecified atom stereocenters. The van der Waals surface area contributed by atoms with Crippen LogP contribution in [0.5, 0.6) is 5.75 Å². The number of amides is 1. The van der Waals surface area contributed by atoms with Gasteiger partial charge in [-0.15, -0.1) is 0 Å². The van der Waals surface area contributed by atoms with Crippen molar-refractivity contribution in [3.05, 3.63) is 81.4 Å². The van der Waals surface area contributed by atoms with Crippen LogP contribution in [0.15, 0.2) is 65.2 Å². The molecule has 1 N–H and O–H groups in total. The summed E-state index contributed by atoms with van der Waals surface area (Å²) in [6.45, 7) is 0.371. The second-order valence-corrected chi connectivity index (χ2v) is 5.00. The lowest BCUT2D eigenvalue weighted by Gasteiger charge is -2.03. The van der Waals surface area contributed by atoms with E-state index in [-0.39, 0.29) is 11.3 Å². The van der Waals surface area contributed by atoms with Gasteiger partial charge in [-0.25, -0.2) is 5.43 Å². The molecular weight excluding hydrogens is 346 g/mol. The molecule has 0 saturated heterocycles. The first-order valence-corrected chi connectivity index (χ1v) is 7.60. The standard InChI is InChI=1S/C17H14ClN3O4/c18-9-2-10-25-16-7-5-13(6-8-16)12-19-20-17(22)14-3-1-4-15(11-14)21(23)24/h1-9,11-12H,10H2,(H,20,22). The van der Waals surface area contributed by atoms with Crippen LogP contribution in [0.25, 0.3) is 0 Å². The van der Waals surface area contributed by atoms with E-state index in [9.17, 15) is 14.9 Å². The maximum atomic E-state index is 11.9. The van der Waals surface area contributed by atoms with E-state index in [2.05, 4.69) is 10.5 Å². The molecule has 7 nitrogen and oxygen atoms in total. The molecule has 1 amide bonds. The van der Waals surface area contributed by atoms with Crippen LogP contribution < -0.4 is 10.2 Å². The van der Waals surface area contributed by atoms with Gasteiger partial charge in [0.05, 0.1) is 11.1 Å². The number of nitrogens with zero attached hydrogens (tertiary/aromatic N) is 2. The lowest BCUT2D eigenvalue weighted by Crippen LogP contribution is -2.17.